The van der Waals surface area contributed by atoms with Crippen LogP contribution in [0.25, 0.3) is 0 Å². The molecule has 0 aliphatic carbocycles. The van der Waals surface area contributed by atoms with Crippen molar-refractivity contribution in [1.82, 2.24) is 15.5 Å². The van der Waals surface area contributed by atoms with E-state index in [0.29, 0.717) is 43.2 Å². The number of piperidine rings is 1. The van der Waals surface area contributed by atoms with Crippen LogP contribution in [0, 0.1) is 11.8 Å². The van der Waals surface area contributed by atoms with E-state index in [0.717, 1.165) is 0 Å². The van der Waals surface area contributed by atoms with Crippen molar-refractivity contribution in [2.75, 3.05) is 26.7 Å². The molecule has 0 spiro atoms. The Balaban J connectivity index is 2.00. The van der Waals surface area contributed by atoms with Gasteiger partial charge in [-0.3, -0.25) is 4.79 Å². The summed E-state index contributed by atoms with van der Waals surface area (Å²) in [6.45, 7) is 5.47. The highest BCUT2D eigenvalue weighted by molar-refractivity contribution is 5.86. The van der Waals surface area contributed by atoms with Crippen LogP contribution < -0.4 is 15.4 Å². The number of ether oxygens (including phenoxy) is 1. The van der Waals surface area contributed by atoms with Crippen molar-refractivity contribution in [2.45, 2.75) is 32.7 Å². The molecule has 0 aromatic heterocycles. The molecule has 1 heterocycles. The van der Waals surface area contributed by atoms with E-state index in [1.54, 1.807) is 29.2 Å². The molecule has 28 heavy (non-hydrogen) atoms. The van der Waals surface area contributed by atoms with Crippen LogP contribution in [0.5, 0.6) is 5.75 Å². The van der Waals surface area contributed by atoms with Crippen LogP contribution in [0.3, 0.4) is 0 Å². The summed E-state index contributed by atoms with van der Waals surface area (Å²) in [5.41, 5.74) is 0.462. The first kappa shape index (κ1) is 21.5. The minimum atomic E-state index is -1.15. The zero-order chi connectivity index (χ0) is 20.7. The first-order valence-electron chi connectivity index (χ1n) is 9.51. The summed E-state index contributed by atoms with van der Waals surface area (Å²) < 4.78 is 5.08. The lowest BCUT2D eigenvalue weighted by Crippen LogP contribution is -2.50. The minimum absolute atomic E-state index is 0.184. The van der Waals surface area contributed by atoms with Crippen LogP contribution in [0.15, 0.2) is 24.3 Å². The Labute approximate surface area is 165 Å². The van der Waals surface area contributed by atoms with Crippen molar-refractivity contribution < 1.29 is 24.2 Å². The largest absolute Gasteiger partial charge is 0.497 e. The van der Waals surface area contributed by atoms with Crippen LogP contribution in [-0.2, 0) is 9.59 Å². The van der Waals surface area contributed by atoms with Crippen molar-refractivity contribution in [3.63, 3.8) is 0 Å². The lowest BCUT2D eigenvalue weighted by Gasteiger charge is -2.32. The zero-order valence-corrected chi connectivity index (χ0v) is 16.6. The standard InChI is InChI=1S/C20H29N3O5/c1-13(2)11-21-20(27)23-10-4-5-15(12-23)18(24)22-17(19(25)26)14-6-8-16(28-3)9-7-14/h6-9,13,15,17H,4-5,10-12H2,1-3H3,(H,21,27)(H,22,24)(H,25,26). The number of urea groups is 1. The average Bonchev–Trinajstić information content (AvgIpc) is 2.70. The summed E-state index contributed by atoms with van der Waals surface area (Å²) in [5, 5.41) is 15.0. The molecule has 1 fully saturated rings. The second-order valence-electron chi connectivity index (χ2n) is 7.42. The molecule has 2 unspecified atom stereocenters. The smallest absolute Gasteiger partial charge is 0.330 e. The maximum atomic E-state index is 12.7. The van der Waals surface area contributed by atoms with Gasteiger partial charge in [0, 0.05) is 19.6 Å². The predicted octanol–water partition coefficient (Wildman–Crippen LogP) is 2.01. The number of hydrogen-bond acceptors (Lipinski definition) is 4. The number of benzene rings is 1. The molecular formula is C20H29N3O5. The van der Waals surface area contributed by atoms with E-state index in [1.807, 2.05) is 13.8 Å². The van der Waals surface area contributed by atoms with Crippen molar-refractivity contribution in [3.8, 4) is 5.75 Å². The van der Waals surface area contributed by atoms with E-state index < -0.39 is 17.9 Å². The SMILES string of the molecule is COc1ccc(C(NC(=O)C2CCCN(C(=O)NCC(C)C)C2)C(=O)O)cc1. The lowest BCUT2D eigenvalue weighted by molar-refractivity contribution is -0.143. The number of likely N-dealkylation sites (tertiary alicyclic amines) is 1. The molecule has 8 nitrogen and oxygen atoms in total. The number of methoxy groups -OCH3 is 1. The van der Waals surface area contributed by atoms with Gasteiger partial charge in [-0.15, -0.1) is 0 Å². The number of rotatable bonds is 7. The van der Waals surface area contributed by atoms with Gasteiger partial charge >= 0.3 is 12.0 Å². The zero-order valence-electron chi connectivity index (χ0n) is 16.6. The van der Waals surface area contributed by atoms with Crippen molar-refractivity contribution in [2.24, 2.45) is 11.8 Å². The van der Waals surface area contributed by atoms with Crippen LogP contribution in [-0.4, -0.2) is 54.7 Å². The van der Waals surface area contributed by atoms with E-state index in [2.05, 4.69) is 10.6 Å². The topological polar surface area (TPSA) is 108 Å². The van der Waals surface area contributed by atoms with Gasteiger partial charge in [0.05, 0.1) is 13.0 Å². The number of carboxylic acids is 1. The number of carbonyl (C=O) groups is 3. The van der Waals surface area contributed by atoms with E-state index in [1.165, 1.54) is 7.11 Å². The van der Waals surface area contributed by atoms with Gasteiger partial charge in [-0.2, -0.15) is 0 Å². The molecule has 2 rings (SSSR count). The number of nitrogens with zero attached hydrogens (tertiary/aromatic N) is 1. The number of aliphatic carboxylic acids is 1. The van der Waals surface area contributed by atoms with Crippen molar-refractivity contribution in [3.05, 3.63) is 29.8 Å². The Hall–Kier alpha value is -2.77. The fraction of sp³-hybridized carbons (Fsp3) is 0.550. The highest BCUT2D eigenvalue weighted by Gasteiger charge is 2.31. The van der Waals surface area contributed by atoms with E-state index >= 15 is 0 Å². The van der Waals surface area contributed by atoms with Gasteiger partial charge in [0.15, 0.2) is 6.04 Å². The molecule has 2 atom stereocenters. The van der Waals surface area contributed by atoms with E-state index in [9.17, 15) is 19.5 Å². The molecule has 1 aromatic rings. The van der Waals surface area contributed by atoms with Crippen molar-refractivity contribution in [1.29, 1.82) is 0 Å². The monoisotopic (exact) mass is 391 g/mol. The molecule has 0 radical (unpaired) electrons. The molecule has 154 valence electrons. The quantitative estimate of drug-likeness (QED) is 0.659. The fourth-order valence-electron chi connectivity index (χ4n) is 3.12. The third kappa shape index (κ3) is 5.87. The van der Waals surface area contributed by atoms with Crippen LogP contribution in [0.1, 0.15) is 38.3 Å². The molecule has 8 heteroatoms. The second kappa shape index (κ2) is 9.96. The summed E-state index contributed by atoms with van der Waals surface area (Å²) in [6, 6.07) is 5.20. The van der Waals surface area contributed by atoms with Crippen LogP contribution in [0.4, 0.5) is 4.79 Å². The van der Waals surface area contributed by atoms with Gasteiger partial charge in [0.1, 0.15) is 5.75 Å². The van der Waals surface area contributed by atoms with Crippen LogP contribution in [0.2, 0.25) is 0 Å². The molecule has 1 aromatic carbocycles. The molecule has 0 saturated carbocycles. The number of carboxylic acid groups (broad SMARTS) is 1. The number of amides is 3. The Bertz CT molecular complexity index is 690. The Morgan fingerprint density at radius 1 is 1.25 bits per heavy atom. The molecule has 0 bridgehead atoms. The maximum Gasteiger partial charge on any atom is 0.330 e. The highest BCUT2D eigenvalue weighted by atomic mass is 16.5. The van der Waals surface area contributed by atoms with E-state index in [-0.39, 0.29) is 18.5 Å². The lowest BCUT2D eigenvalue weighted by atomic mass is 9.96. The Morgan fingerprint density at radius 3 is 2.50 bits per heavy atom. The van der Waals surface area contributed by atoms with Gasteiger partial charge in [0.2, 0.25) is 5.91 Å². The van der Waals surface area contributed by atoms with Gasteiger partial charge in [-0.1, -0.05) is 26.0 Å². The van der Waals surface area contributed by atoms with Gasteiger partial charge in [-0.05, 0) is 36.5 Å². The summed E-state index contributed by atoms with van der Waals surface area (Å²) in [5.74, 6) is -0.979. The van der Waals surface area contributed by atoms with E-state index in [4.69, 9.17) is 4.74 Å². The predicted molar refractivity (Wildman–Crippen MR) is 104 cm³/mol. The molecule has 3 N–H and O–H groups in total. The normalized spacial score (nSPS) is 17.7. The highest BCUT2D eigenvalue weighted by Crippen LogP contribution is 2.21. The Morgan fingerprint density at radius 2 is 1.93 bits per heavy atom. The molecule has 1 saturated heterocycles. The molecular weight excluding hydrogens is 362 g/mol. The first-order chi connectivity index (χ1) is 13.3. The molecule has 1 aliphatic rings. The maximum absolute atomic E-state index is 12.7. The second-order valence-corrected chi connectivity index (χ2v) is 7.42. The number of nitrogens with one attached hydrogen (secondary N) is 2. The first-order valence-corrected chi connectivity index (χ1v) is 9.51. The summed E-state index contributed by atoms with van der Waals surface area (Å²) in [7, 11) is 1.53. The molecule has 1 aliphatic heterocycles. The fourth-order valence-corrected chi connectivity index (χ4v) is 3.12. The van der Waals surface area contributed by atoms with Crippen LogP contribution >= 0.6 is 0 Å². The number of carbonyl (C=O) groups excluding carboxylic acids is 2. The van der Waals surface area contributed by atoms with Crippen molar-refractivity contribution >= 4 is 17.9 Å². The van der Waals surface area contributed by atoms with Gasteiger partial charge < -0.3 is 25.4 Å². The Kier molecular flexibility index (Phi) is 7.66. The van der Waals surface area contributed by atoms with Gasteiger partial charge in [-0.25, -0.2) is 9.59 Å². The summed E-state index contributed by atoms with van der Waals surface area (Å²) >= 11 is 0. The third-order valence-electron chi connectivity index (χ3n) is 4.72. The van der Waals surface area contributed by atoms with Gasteiger partial charge in [0.25, 0.3) is 0 Å². The summed E-state index contributed by atoms with van der Waals surface area (Å²) in [4.78, 5) is 38.2. The number of hydrogen-bond donors (Lipinski definition) is 3. The average molecular weight is 391 g/mol. The third-order valence-corrected chi connectivity index (χ3v) is 4.72. The minimum Gasteiger partial charge on any atom is -0.497 e. The molecule has 3 amide bonds. The summed E-state index contributed by atoms with van der Waals surface area (Å²) in [6.07, 6.45) is 1.32.